The van der Waals surface area contributed by atoms with Crippen molar-refractivity contribution in [2.45, 2.75) is 6.17 Å². The normalized spacial score (nSPS) is 14.2. The molecule has 12 aromatic carbocycles. The monoisotopic (exact) mass is 931 g/mol. The first-order valence-electron chi connectivity index (χ1n) is 24.9. The third-order valence-corrected chi connectivity index (χ3v) is 15.3. The van der Waals surface area contributed by atoms with E-state index in [1.807, 2.05) is 0 Å². The predicted molar refractivity (Wildman–Crippen MR) is 304 cm³/mol. The number of para-hydroxylation sites is 2. The summed E-state index contributed by atoms with van der Waals surface area (Å²) in [6.45, 7) is 0. The fraction of sp³-hybridized carbons (Fsp3) is 0.0149. The van der Waals surface area contributed by atoms with E-state index in [-0.39, 0.29) is 0 Å². The van der Waals surface area contributed by atoms with Gasteiger partial charge in [-0.3, -0.25) is 0 Å². The summed E-state index contributed by atoms with van der Waals surface area (Å²) in [4.78, 5) is 11.3. The van der Waals surface area contributed by atoms with Crippen molar-refractivity contribution in [3.05, 3.63) is 253 Å². The number of amidine groups is 2. The first kappa shape index (κ1) is 40.0. The quantitative estimate of drug-likeness (QED) is 0.187. The Kier molecular flexibility index (Phi) is 8.42. The molecule has 1 aliphatic heterocycles. The third kappa shape index (κ3) is 5.98. The van der Waals surface area contributed by atoms with E-state index < -0.39 is 6.17 Å². The van der Waals surface area contributed by atoms with Gasteiger partial charge in [0.1, 0.15) is 23.3 Å². The van der Waals surface area contributed by atoms with Crippen LogP contribution in [-0.2, 0) is 0 Å². The summed E-state index contributed by atoms with van der Waals surface area (Å²) in [5, 5.41) is 20.0. The number of hydrogen-bond donors (Lipinski definition) is 1. The average Bonchev–Trinajstić information content (AvgIpc) is 4.11. The lowest BCUT2D eigenvalue weighted by Crippen LogP contribution is -2.34. The van der Waals surface area contributed by atoms with Crippen LogP contribution in [0.1, 0.15) is 22.9 Å². The molecule has 6 nitrogen and oxygen atoms in total. The van der Waals surface area contributed by atoms with Crippen LogP contribution in [0.5, 0.6) is 0 Å². The highest BCUT2D eigenvalue weighted by atomic mass is 16.3. The second-order valence-electron chi connectivity index (χ2n) is 19.3. The van der Waals surface area contributed by atoms with Crippen LogP contribution in [-0.4, -0.2) is 20.8 Å². The van der Waals surface area contributed by atoms with Gasteiger partial charge in [0.05, 0.1) is 22.1 Å². The van der Waals surface area contributed by atoms with Gasteiger partial charge in [0.25, 0.3) is 0 Å². The molecule has 0 saturated carbocycles. The topological polar surface area (TPSA) is 59.8 Å². The van der Waals surface area contributed by atoms with E-state index >= 15 is 0 Å². The van der Waals surface area contributed by atoms with Crippen LogP contribution in [0.2, 0.25) is 0 Å². The summed E-state index contributed by atoms with van der Waals surface area (Å²) in [5.41, 5.74) is 10.9. The fourth-order valence-electron chi connectivity index (χ4n) is 12.0. The van der Waals surface area contributed by atoms with E-state index in [1.165, 1.54) is 32.3 Å². The Balaban J connectivity index is 1.03. The smallest absolute Gasteiger partial charge is 0.160 e. The average molecular weight is 932 g/mol. The SMILES string of the molecule is c1ccc(-n2c3ccccc3c3c(C4=NC(c5ccc6ccccc6c5)NC(c5ccc6c(oc7ccc8ccccc8c76)c5-n5c6cc7ccccc7cc6c6cc7ccccc7cc65)=N4)cccc32)cc1. The maximum absolute atomic E-state index is 7.30. The first-order valence-corrected chi connectivity index (χ1v) is 24.9. The number of nitrogens with zero attached hydrogens (tertiary/aromatic N) is 4. The van der Waals surface area contributed by atoms with Crippen molar-refractivity contribution >= 4 is 120 Å². The number of rotatable bonds is 5. The van der Waals surface area contributed by atoms with Crippen LogP contribution in [0, 0.1) is 0 Å². The maximum atomic E-state index is 7.30. The molecular formula is C67H41N5O. The predicted octanol–water partition coefficient (Wildman–Crippen LogP) is 16.9. The van der Waals surface area contributed by atoms with Gasteiger partial charge in [0, 0.05) is 49.1 Å². The van der Waals surface area contributed by atoms with Crippen molar-refractivity contribution in [1.29, 1.82) is 0 Å². The van der Waals surface area contributed by atoms with Crippen molar-refractivity contribution in [1.82, 2.24) is 14.5 Å². The van der Waals surface area contributed by atoms with Gasteiger partial charge in [-0.05, 0) is 121 Å². The molecule has 1 aliphatic rings. The Labute approximate surface area is 418 Å². The van der Waals surface area contributed by atoms with Crippen molar-refractivity contribution in [2.24, 2.45) is 9.98 Å². The van der Waals surface area contributed by atoms with Crippen molar-refractivity contribution < 1.29 is 4.42 Å². The maximum Gasteiger partial charge on any atom is 0.160 e. The molecule has 0 saturated heterocycles. The molecule has 1 N–H and O–H groups in total. The highest BCUT2D eigenvalue weighted by molar-refractivity contribution is 6.27. The summed E-state index contributed by atoms with van der Waals surface area (Å²) in [6.07, 6.45) is -0.487. The minimum Gasteiger partial charge on any atom is -0.454 e. The molecule has 0 amide bonds. The van der Waals surface area contributed by atoms with E-state index in [2.05, 4.69) is 251 Å². The molecule has 1 unspecified atom stereocenters. The summed E-state index contributed by atoms with van der Waals surface area (Å²) < 4.78 is 12.1. The molecular weight excluding hydrogens is 891 g/mol. The molecule has 73 heavy (non-hydrogen) atoms. The van der Waals surface area contributed by atoms with Crippen molar-refractivity contribution in [3.8, 4) is 11.4 Å². The standard InChI is InChI=1S/C67H41N5O/c1-2-22-48(23-3-1)71-56-27-13-12-25-50(56)61-52(26-14-28-57(61)71)66-68-65(47-30-29-40-15-4-5-17-42(40)35-47)69-67(70-66)53-33-32-51-62-49-24-11-10-16-41(49)31-34-60(62)73-64(51)63(53)72-58-38-45-20-8-6-18-43(45)36-54(58)55-37-44-19-7-9-21-46(44)39-59(55)72/h1-39,65H,(H,68,69,70). The summed E-state index contributed by atoms with van der Waals surface area (Å²) in [6, 6.07) is 85.1. The molecule has 1 atom stereocenters. The second kappa shape index (κ2) is 15.4. The van der Waals surface area contributed by atoms with E-state index in [0.717, 1.165) is 104 Å². The molecule has 4 heterocycles. The lowest BCUT2D eigenvalue weighted by Gasteiger charge is -2.26. The Hall–Kier alpha value is -9.78. The molecule has 0 bridgehead atoms. The van der Waals surface area contributed by atoms with E-state index in [1.54, 1.807) is 0 Å². The Bertz CT molecular complexity index is 4800. The van der Waals surface area contributed by atoms with Gasteiger partial charge in [-0.1, -0.05) is 164 Å². The van der Waals surface area contributed by atoms with Gasteiger partial charge in [0.2, 0.25) is 0 Å². The lowest BCUT2D eigenvalue weighted by molar-refractivity contribution is 0.664. The molecule has 6 heteroatoms. The van der Waals surface area contributed by atoms with Gasteiger partial charge in [-0.25, -0.2) is 9.98 Å². The number of hydrogen-bond acceptors (Lipinski definition) is 4. The number of fused-ring (bicyclic) bond motifs is 14. The summed E-state index contributed by atoms with van der Waals surface area (Å²) in [7, 11) is 0. The highest BCUT2D eigenvalue weighted by Crippen LogP contribution is 2.44. The number of aromatic nitrogens is 2. The van der Waals surface area contributed by atoms with Crippen LogP contribution in [0.3, 0.4) is 0 Å². The molecule has 340 valence electrons. The highest BCUT2D eigenvalue weighted by Gasteiger charge is 2.30. The van der Waals surface area contributed by atoms with Crippen LogP contribution in [0.15, 0.2) is 251 Å². The number of benzene rings is 12. The lowest BCUT2D eigenvalue weighted by atomic mass is 10.0. The van der Waals surface area contributed by atoms with E-state index in [9.17, 15) is 0 Å². The van der Waals surface area contributed by atoms with Crippen LogP contribution < -0.4 is 5.32 Å². The first-order chi connectivity index (χ1) is 36.2. The molecule has 0 radical (unpaired) electrons. The van der Waals surface area contributed by atoms with Crippen LogP contribution in [0.25, 0.3) is 120 Å². The molecule has 0 spiro atoms. The summed E-state index contributed by atoms with van der Waals surface area (Å²) >= 11 is 0. The van der Waals surface area contributed by atoms with Crippen molar-refractivity contribution in [3.63, 3.8) is 0 Å². The zero-order valence-corrected chi connectivity index (χ0v) is 39.3. The number of furan rings is 1. The molecule has 0 aliphatic carbocycles. The van der Waals surface area contributed by atoms with Gasteiger partial charge < -0.3 is 18.9 Å². The molecule has 0 fully saturated rings. The van der Waals surface area contributed by atoms with Gasteiger partial charge in [0.15, 0.2) is 11.4 Å². The molecule has 16 rings (SSSR count). The zero-order valence-electron chi connectivity index (χ0n) is 39.3. The minimum atomic E-state index is -0.487. The van der Waals surface area contributed by atoms with Gasteiger partial charge in [-0.2, -0.15) is 0 Å². The summed E-state index contributed by atoms with van der Waals surface area (Å²) in [5.74, 6) is 1.35. The molecule has 3 aromatic heterocycles. The molecule has 15 aromatic rings. The second-order valence-corrected chi connectivity index (χ2v) is 19.3. The minimum absolute atomic E-state index is 0.487. The Morgan fingerprint density at radius 1 is 0.384 bits per heavy atom. The van der Waals surface area contributed by atoms with Gasteiger partial charge >= 0.3 is 0 Å². The zero-order chi connectivity index (χ0) is 47.7. The van der Waals surface area contributed by atoms with Crippen LogP contribution in [0.4, 0.5) is 0 Å². The van der Waals surface area contributed by atoms with Crippen molar-refractivity contribution in [2.75, 3.05) is 0 Å². The fourth-order valence-corrected chi connectivity index (χ4v) is 12.0. The van der Waals surface area contributed by atoms with E-state index in [0.29, 0.717) is 11.7 Å². The third-order valence-electron chi connectivity index (χ3n) is 15.3. The Morgan fingerprint density at radius 2 is 0.986 bits per heavy atom. The van der Waals surface area contributed by atoms with Crippen LogP contribution >= 0.6 is 0 Å². The van der Waals surface area contributed by atoms with E-state index in [4.69, 9.17) is 14.4 Å². The van der Waals surface area contributed by atoms with Gasteiger partial charge in [-0.15, -0.1) is 0 Å². The number of aliphatic imine (C=N–C) groups is 2. The number of nitrogens with one attached hydrogen (secondary N) is 1. The largest absolute Gasteiger partial charge is 0.454 e. The Morgan fingerprint density at radius 3 is 1.73 bits per heavy atom.